The number of nitrogens with zero attached hydrogens (tertiary/aromatic N) is 2. The van der Waals surface area contributed by atoms with Gasteiger partial charge in [0.2, 0.25) is 0 Å². The summed E-state index contributed by atoms with van der Waals surface area (Å²) in [6.45, 7) is 4.00. The van der Waals surface area contributed by atoms with E-state index in [1.165, 1.54) is 25.7 Å². The van der Waals surface area contributed by atoms with E-state index in [-0.39, 0.29) is 5.97 Å². The Labute approximate surface area is 118 Å². The summed E-state index contributed by atoms with van der Waals surface area (Å²) in [7, 11) is 0. The van der Waals surface area contributed by atoms with Crippen LogP contribution in [0.3, 0.4) is 0 Å². The van der Waals surface area contributed by atoms with Crippen LogP contribution in [0.15, 0.2) is 6.20 Å². The number of aryl methyl sites for hydroxylation is 1. The third-order valence-corrected chi connectivity index (χ3v) is 4.61. The number of carbonyl (C=O) groups excluding carboxylic acids is 1. The second-order valence-corrected chi connectivity index (χ2v) is 6.04. The Morgan fingerprint density at radius 2 is 2.21 bits per heavy atom. The van der Waals surface area contributed by atoms with E-state index in [0.29, 0.717) is 12.3 Å². The minimum absolute atomic E-state index is 0.352. The molecule has 5 heteroatoms. The van der Waals surface area contributed by atoms with Crippen LogP contribution in [0.5, 0.6) is 0 Å². The smallest absolute Gasteiger partial charge is 0.357 e. The van der Waals surface area contributed by atoms with Gasteiger partial charge in [-0.15, -0.1) is 0 Å². The number of esters is 1. The van der Waals surface area contributed by atoms with Crippen molar-refractivity contribution in [2.75, 3.05) is 6.61 Å². The standard InChI is InChI=1S/C14H20N2O2S/c1-3-18-14(17)13-10(2)8-15-12(16-13)9-19-11-6-4-5-7-11/h8,11H,3-7,9H2,1-2H3. The van der Waals surface area contributed by atoms with Crippen molar-refractivity contribution in [2.45, 2.75) is 50.5 Å². The van der Waals surface area contributed by atoms with Crippen molar-refractivity contribution < 1.29 is 9.53 Å². The van der Waals surface area contributed by atoms with E-state index in [1.807, 2.05) is 18.7 Å². The van der Waals surface area contributed by atoms with Gasteiger partial charge in [0.1, 0.15) is 5.82 Å². The first-order valence-electron chi connectivity index (χ1n) is 6.82. The lowest BCUT2D eigenvalue weighted by Gasteiger charge is -2.09. The lowest BCUT2D eigenvalue weighted by molar-refractivity contribution is 0.0518. The first-order valence-corrected chi connectivity index (χ1v) is 7.86. The second kappa shape index (κ2) is 6.89. The second-order valence-electron chi connectivity index (χ2n) is 4.76. The molecule has 1 aliphatic carbocycles. The average molecular weight is 280 g/mol. The van der Waals surface area contributed by atoms with Crippen LogP contribution in [0.2, 0.25) is 0 Å². The fourth-order valence-electron chi connectivity index (χ4n) is 2.20. The molecule has 4 nitrogen and oxygen atoms in total. The normalized spacial score (nSPS) is 15.7. The molecular weight excluding hydrogens is 260 g/mol. The highest BCUT2D eigenvalue weighted by molar-refractivity contribution is 7.99. The summed E-state index contributed by atoms with van der Waals surface area (Å²) in [5, 5.41) is 0.732. The van der Waals surface area contributed by atoms with Gasteiger partial charge in [-0.2, -0.15) is 11.8 Å². The van der Waals surface area contributed by atoms with Crippen molar-refractivity contribution in [2.24, 2.45) is 0 Å². The van der Waals surface area contributed by atoms with Gasteiger partial charge in [0.05, 0.1) is 12.4 Å². The van der Waals surface area contributed by atoms with E-state index >= 15 is 0 Å². The predicted molar refractivity (Wildman–Crippen MR) is 76.3 cm³/mol. The Morgan fingerprint density at radius 3 is 2.89 bits per heavy atom. The Balaban J connectivity index is 2.00. The lowest BCUT2D eigenvalue weighted by Crippen LogP contribution is -2.12. The Morgan fingerprint density at radius 1 is 1.47 bits per heavy atom. The van der Waals surface area contributed by atoms with E-state index in [1.54, 1.807) is 13.1 Å². The van der Waals surface area contributed by atoms with Crippen LogP contribution in [-0.2, 0) is 10.5 Å². The molecule has 1 saturated carbocycles. The van der Waals surface area contributed by atoms with Crippen LogP contribution in [0.1, 0.15) is 54.5 Å². The van der Waals surface area contributed by atoms with Crippen LogP contribution < -0.4 is 0 Å². The fourth-order valence-corrected chi connectivity index (χ4v) is 3.39. The van der Waals surface area contributed by atoms with Crippen molar-refractivity contribution >= 4 is 17.7 Å². The summed E-state index contributed by atoms with van der Waals surface area (Å²) in [6.07, 6.45) is 6.97. The summed E-state index contributed by atoms with van der Waals surface area (Å²) in [4.78, 5) is 20.4. The number of rotatable bonds is 5. The molecule has 0 saturated heterocycles. The van der Waals surface area contributed by atoms with Crippen molar-refractivity contribution in [3.05, 3.63) is 23.3 Å². The zero-order valence-electron chi connectivity index (χ0n) is 11.5. The summed E-state index contributed by atoms with van der Waals surface area (Å²) in [5.41, 5.74) is 1.17. The molecule has 2 rings (SSSR count). The molecule has 19 heavy (non-hydrogen) atoms. The van der Waals surface area contributed by atoms with E-state index in [0.717, 1.165) is 22.4 Å². The van der Waals surface area contributed by atoms with Gasteiger partial charge in [0.15, 0.2) is 5.69 Å². The molecule has 1 aromatic rings. The topological polar surface area (TPSA) is 52.1 Å². The Bertz CT molecular complexity index is 445. The molecule has 0 unspecified atom stereocenters. The number of ether oxygens (including phenoxy) is 1. The fraction of sp³-hybridized carbons (Fsp3) is 0.643. The average Bonchev–Trinajstić information content (AvgIpc) is 2.91. The monoisotopic (exact) mass is 280 g/mol. The molecule has 0 aliphatic heterocycles. The number of hydrogen-bond acceptors (Lipinski definition) is 5. The van der Waals surface area contributed by atoms with Gasteiger partial charge in [0.25, 0.3) is 0 Å². The summed E-state index contributed by atoms with van der Waals surface area (Å²) in [5.74, 6) is 1.15. The molecule has 0 atom stereocenters. The highest BCUT2D eigenvalue weighted by atomic mass is 32.2. The van der Waals surface area contributed by atoms with Gasteiger partial charge in [0, 0.05) is 17.0 Å². The van der Waals surface area contributed by atoms with Crippen molar-refractivity contribution in [1.29, 1.82) is 0 Å². The third kappa shape index (κ3) is 3.93. The zero-order chi connectivity index (χ0) is 13.7. The SMILES string of the molecule is CCOC(=O)c1nc(CSC2CCCC2)ncc1C. The predicted octanol–water partition coefficient (Wildman–Crippen LogP) is 3.14. The molecular formula is C14H20N2O2S. The highest BCUT2D eigenvalue weighted by Gasteiger charge is 2.17. The third-order valence-electron chi connectivity index (χ3n) is 3.24. The number of thioether (sulfide) groups is 1. The molecule has 0 aromatic carbocycles. The quantitative estimate of drug-likeness (QED) is 0.776. The summed E-state index contributed by atoms with van der Waals surface area (Å²) >= 11 is 1.90. The first kappa shape index (κ1) is 14.3. The molecule has 1 aliphatic rings. The largest absolute Gasteiger partial charge is 0.461 e. The van der Waals surface area contributed by atoms with E-state index in [2.05, 4.69) is 9.97 Å². The van der Waals surface area contributed by atoms with Gasteiger partial charge in [-0.1, -0.05) is 12.8 Å². The molecule has 1 aromatic heterocycles. The van der Waals surface area contributed by atoms with Crippen LogP contribution in [0, 0.1) is 6.92 Å². The number of carbonyl (C=O) groups is 1. The molecule has 0 spiro atoms. The first-order chi connectivity index (χ1) is 9.20. The molecule has 0 radical (unpaired) electrons. The minimum Gasteiger partial charge on any atom is -0.461 e. The summed E-state index contributed by atoms with van der Waals surface area (Å²) in [6, 6.07) is 0. The van der Waals surface area contributed by atoms with E-state index in [9.17, 15) is 4.79 Å². The highest BCUT2D eigenvalue weighted by Crippen LogP contribution is 2.30. The number of aromatic nitrogens is 2. The van der Waals surface area contributed by atoms with Gasteiger partial charge < -0.3 is 4.74 Å². The van der Waals surface area contributed by atoms with Crippen molar-refractivity contribution in [3.63, 3.8) is 0 Å². The van der Waals surface area contributed by atoms with E-state index in [4.69, 9.17) is 4.74 Å². The van der Waals surface area contributed by atoms with Gasteiger partial charge >= 0.3 is 5.97 Å². The molecule has 0 bridgehead atoms. The zero-order valence-corrected chi connectivity index (χ0v) is 12.3. The summed E-state index contributed by atoms with van der Waals surface area (Å²) < 4.78 is 5.01. The molecule has 0 amide bonds. The molecule has 0 N–H and O–H groups in total. The van der Waals surface area contributed by atoms with Gasteiger partial charge in [-0.25, -0.2) is 14.8 Å². The molecule has 104 valence electrons. The van der Waals surface area contributed by atoms with Crippen LogP contribution in [0.25, 0.3) is 0 Å². The van der Waals surface area contributed by atoms with Crippen LogP contribution in [-0.4, -0.2) is 27.8 Å². The van der Waals surface area contributed by atoms with E-state index < -0.39 is 0 Å². The van der Waals surface area contributed by atoms with Crippen molar-refractivity contribution in [3.8, 4) is 0 Å². The Kier molecular flexibility index (Phi) is 5.19. The number of hydrogen-bond donors (Lipinski definition) is 0. The van der Waals surface area contributed by atoms with Crippen LogP contribution in [0.4, 0.5) is 0 Å². The van der Waals surface area contributed by atoms with Gasteiger partial charge in [-0.3, -0.25) is 0 Å². The molecule has 1 heterocycles. The maximum Gasteiger partial charge on any atom is 0.357 e. The maximum absolute atomic E-state index is 11.8. The molecule has 1 fully saturated rings. The maximum atomic E-state index is 11.8. The van der Waals surface area contributed by atoms with Crippen molar-refractivity contribution in [1.82, 2.24) is 9.97 Å². The minimum atomic E-state index is -0.352. The Hall–Kier alpha value is -1.10. The van der Waals surface area contributed by atoms with Crippen LogP contribution >= 0.6 is 11.8 Å². The van der Waals surface area contributed by atoms with Gasteiger partial charge in [-0.05, 0) is 26.7 Å². The lowest BCUT2D eigenvalue weighted by atomic mass is 10.2.